The zero-order chi connectivity index (χ0) is 32.5. The summed E-state index contributed by atoms with van der Waals surface area (Å²) in [5.74, 6) is 1.73. The molecule has 0 aromatic heterocycles. The molecule has 4 fully saturated rings. The molecule has 0 saturated heterocycles. The molecule has 250 valence electrons. The van der Waals surface area contributed by atoms with Crippen LogP contribution in [0.1, 0.15) is 112 Å². The fraction of sp³-hybridized carbons (Fsp3) is 0.833. The Morgan fingerprint density at radius 1 is 0.886 bits per heavy atom. The van der Waals surface area contributed by atoms with Crippen molar-refractivity contribution in [3.8, 4) is 0 Å². The summed E-state index contributed by atoms with van der Waals surface area (Å²) < 4.78 is 69.3. The number of halogens is 3. The number of aliphatic hydroxyl groups excluding tert-OH is 1. The van der Waals surface area contributed by atoms with Crippen LogP contribution < -0.4 is 0 Å². The molecule has 44 heavy (non-hydrogen) atoms. The van der Waals surface area contributed by atoms with E-state index in [0.29, 0.717) is 41.4 Å². The van der Waals surface area contributed by atoms with Crippen LogP contribution in [0.3, 0.4) is 0 Å². The Morgan fingerprint density at radius 3 is 2.14 bits per heavy atom. The van der Waals surface area contributed by atoms with Crippen LogP contribution in [0.4, 0.5) is 13.2 Å². The van der Waals surface area contributed by atoms with Crippen molar-refractivity contribution in [1.82, 2.24) is 0 Å². The number of aliphatic hydroxyl groups is 2. The highest BCUT2D eigenvalue weighted by Crippen LogP contribution is 2.69. The zero-order valence-corrected chi connectivity index (χ0v) is 28.4. The lowest BCUT2D eigenvalue weighted by atomic mass is 9.43. The van der Waals surface area contributed by atoms with Gasteiger partial charge < -0.3 is 10.2 Å². The summed E-state index contributed by atoms with van der Waals surface area (Å²) in [6, 6.07) is 8.62. The maximum Gasteiger partial charge on any atom is 0.417 e. The Morgan fingerprint density at radius 2 is 1.52 bits per heavy atom. The van der Waals surface area contributed by atoms with E-state index in [1.54, 1.807) is 24.3 Å². The monoisotopic (exact) mass is 640 g/mol. The lowest BCUT2D eigenvalue weighted by Crippen LogP contribution is -2.59. The van der Waals surface area contributed by atoms with Gasteiger partial charge in [0.2, 0.25) is 0 Å². The minimum atomic E-state index is -4.58. The first kappa shape index (κ1) is 34.2. The summed E-state index contributed by atoms with van der Waals surface area (Å²) in [7, 11) is -3.65. The molecule has 0 radical (unpaired) electrons. The van der Waals surface area contributed by atoms with Crippen molar-refractivity contribution in [2.75, 3.05) is 0 Å². The van der Waals surface area contributed by atoms with E-state index in [1.807, 2.05) is 26.8 Å². The van der Waals surface area contributed by atoms with Gasteiger partial charge in [-0.25, -0.2) is 8.42 Å². The van der Waals surface area contributed by atoms with Gasteiger partial charge in [0.25, 0.3) is 0 Å². The van der Waals surface area contributed by atoms with Crippen molar-refractivity contribution >= 4 is 9.84 Å². The zero-order valence-electron chi connectivity index (χ0n) is 27.5. The average molecular weight is 641 g/mol. The summed E-state index contributed by atoms with van der Waals surface area (Å²) in [6.45, 7) is 12.7. The summed E-state index contributed by atoms with van der Waals surface area (Å²) in [4.78, 5) is 0.309. The second kappa shape index (κ2) is 11.5. The SMILES string of the molecule is C[C@@H](CC(C[C@H](O)C(C)(C)C)S(=O)(=O)c1ccccc1)[C@@H]1CC[C@H]2[C@@H]3CC[C@H]4C[C@](O)(C(F)(F)F)CC[C@]4(C)[C@H]3CC[C@@]21C. The minimum absolute atomic E-state index is 0.0643. The van der Waals surface area contributed by atoms with Crippen molar-refractivity contribution in [2.45, 2.75) is 140 Å². The van der Waals surface area contributed by atoms with Crippen LogP contribution >= 0.6 is 0 Å². The van der Waals surface area contributed by atoms with Crippen molar-refractivity contribution < 1.29 is 31.8 Å². The lowest BCUT2D eigenvalue weighted by molar-refractivity contribution is -0.290. The Balaban J connectivity index is 1.35. The van der Waals surface area contributed by atoms with Crippen LogP contribution in [0, 0.1) is 51.8 Å². The van der Waals surface area contributed by atoms with Crippen LogP contribution in [0.5, 0.6) is 0 Å². The number of sulfone groups is 1. The summed E-state index contributed by atoms with van der Waals surface area (Å²) in [6.07, 6.45) is 1.21. The van der Waals surface area contributed by atoms with Gasteiger partial charge in [0.05, 0.1) is 16.2 Å². The Hall–Kier alpha value is -1.12. The Bertz CT molecular complexity index is 1280. The second-order valence-electron chi connectivity index (χ2n) is 16.9. The van der Waals surface area contributed by atoms with E-state index in [1.165, 1.54) is 0 Å². The van der Waals surface area contributed by atoms with Gasteiger partial charge in [0.15, 0.2) is 15.4 Å². The van der Waals surface area contributed by atoms with Gasteiger partial charge in [0.1, 0.15) is 0 Å². The molecule has 4 aliphatic carbocycles. The molecular formula is C36H55F3O4S. The normalized spacial score (nSPS) is 39.9. The standard InChI is InChI=1S/C36H55F3O4S/c1-23(20-26(21-31(40)32(2,3)4)44(42,43)25-10-8-7-9-11-25)28-14-15-29-27-13-12-24-22-35(41,36(37,38)39)19-18-33(24,5)30(27)16-17-34(28,29)6/h7-11,23-24,26-31,40-41H,12-22H2,1-6H3/t23-,24-,26?,27-,28-,29-,30-,31-,33-,34+,35-/m0/s1. The molecule has 8 heteroatoms. The second-order valence-corrected chi connectivity index (χ2v) is 19.2. The first-order valence-electron chi connectivity index (χ1n) is 17.0. The third-order valence-corrected chi connectivity index (χ3v) is 15.8. The highest BCUT2D eigenvalue weighted by atomic mass is 32.2. The number of alkyl halides is 3. The fourth-order valence-corrected chi connectivity index (χ4v) is 12.7. The van der Waals surface area contributed by atoms with E-state index >= 15 is 0 Å². The van der Waals surface area contributed by atoms with Crippen molar-refractivity contribution in [2.24, 2.45) is 51.8 Å². The fourth-order valence-electron chi connectivity index (χ4n) is 10.8. The average Bonchev–Trinajstić information content (AvgIpc) is 3.29. The molecular weight excluding hydrogens is 585 g/mol. The minimum Gasteiger partial charge on any atom is -0.393 e. The predicted molar refractivity (Wildman–Crippen MR) is 167 cm³/mol. The van der Waals surface area contributed by atoms with Gasteiger partial charge >= 0.3 is 6.18 Å². The molecule has 11 atom stereocenters. The van der Waals surface area contributed by atoms with Crippen LogP contribution in [-0.2, 0) is 9.84 Å². The van der Waals surface area contributed by atoms with Crippen molar-refractivity contribution in [3.05, 3.63) is 30.3 Å². The highest BCUT2D eigenvalue weighted by Gasteiger charge is 2.65. The van der Waals surface area contributed by atoms with Gasteiger partial charge in [-0.2, -0.15) is 13.2 Å². The van der Waals surface area contributed by atoms with Crippen LogP contribution in [0.2, 0.25) is 0 Å². The molecule has 4 aliphatic rings. The molecule has 0 spiro atoms. The molecule has 4 nitrogen and oxygen atoms in total. The van der Waals surface area contributed by atoms with Gasteiger partial charge in [0, 0.05) is 0 Å². The summed E-state index contributed by atoms with van der Waals surface area (Å²) in [5, 5.41) is 20.9. The van der Waals surface area contributed by atoms with Crippen molar-refractivity contribution in [3.63, 3.8) is 0 Å². The molecule has 0 amide bonds. The van der Waals surface area contributed by atoms with Gasteiger partial charge in [-0.15, -0.1) is 0 Å². The molecule has 1 aromatic rings. The van der Waals surface area contributed by atoms with E-state index < -0.39 is 38.4 Å². The smallest absolute Gasteiger partial charge is 0.393 e. The number of benzene rings is 1. The van der Waals surface area contributed by atoms with E-state index in [9.17, 15) is 31.8 Å². The molecule has 0 aliphatic heterocycles. The predicted octanol–water partition coefficient (Wildman–Crippen LogP) is 8.60. The largest absolute Gasteiger partial charge is 0.417 e. The molecule has 1 aromatic carbocycles. The highest BCUT2D eigenvalue weighted by molar-refractivity contribution is 7.92. The lowest BCUT2D eigenvalue weighted by Gasteiger charge is -2.62. The first-order valence-corrected chi connectivity index (χ1v) is 18.5. The summed E-state index contributed by atoms with van der Waals surface area (Å²) in [5.41, 5.74) is -3.10. The molecule has 0 heterocycles. The van der Waals surface area contributed by atoms with E-state index in [4.69, 9.17) is 0 Å². The number of rotatable bonds is 7. The maximum absolute atomic E-state index is 14.0. The quantitative estimate of drug-likeness (QED) is 0.313. The van der Waals surface area contributed by atoms with Crippen molar-refractivity contribution in [1.29, 1.82) is 0 Å². The third kappa shape index (κ3) is 5.80. The number of fused-ring (bicyclic) bond motifs is 5. The van der Waals surface area contributed by atoms with Gasteiger partial charge in [-0.3, -0.25) is 0 Å². The Labute approximate surface area is 263 Å². The maximum atomic E-state index is 14.0. The summed E-state index contributed by atoms with van der Waals surface area (Å²) >= 11 is 0. The van der Waals surface area contributed by atoms with Crippen LogP contribution in [0.25, 0.3) is 0 Å². The van der Waals surface area contributed by atoms with Crippen LogP contribution in [-0.4, -0.2) is 41.8 Å². The topological polar surface area (TPSA) is 74.6 Å². The molecule has 0 bridgehead atoms. The molecule has 1 unspecified atom stereocenters. The first-order chi connectivity index (χ1) is 20.2. The van der Waals surface area contributed by atoms with E-state index in [-0.39, 0.29) is 41.9 Å². The number of hydrogen-bond acceptors (Lipinski definition) is 4. The number of hydrogen-bond donors (Lipinski definition) is 2. The van der Waals surface area contributed by atoms with Gasteiger partial charge in [-0.1, -0.05) is 59.7 Å². The van der Waals surface area contributed by atoms with Gasteiger partial charge in [-0.05, 0) is 135 Å². The Kier molecular flexibility index (Phi) is 8.97. The third-order valence-electron chi connectivity index (χ3n) is 13.6. The van der Waals surface area contributed by atoms with E-state index in [0.717, 1.165) is 38.5 Å². The molecule has 4 saturated carbocycles. The van der Waals surface area contributed by atoms with E-state index in [2.05, 4.69) is 20.8 Å². The molecule has 2 N–H and O–H groups in total. The van der Waals surface area contributed by atoms with Crippen LogP contribution in [0.15, 0.2) is 35.2 Å². The molecule has 5 rings (SSSR count).